The zero-order valence-corrected chi connectivity index (χ0v) is 15.3. The van der Waals surface area contributed by atoms with Gasteiger partial charge in [-0.3, -0.25) is 9.59 Å². The van der Waals surface area contributed by atoms with Crippen LogP contribution >= 0.6 is 11.3 Å². The first-order valence-electron chi connectivity index (χ1n) is 8.36. The third kappa shape index (κ3) is 3.47. The Kier molecular flexibility index (Phi) is 4.48. The van der Waals surface area contributed by atoms with Gasteiger partial charge < -0.3 is 15.1 Å². The lowest BCUT2D eigenvalue weighted by Crippen LogP contribution is -2.11. The first-order valence-corrected chi connectivity index (χ1v) is 9.18. The van der Waals surface area contributed by atoms with Gasteiger partial charge in [0.2, 0.25) is 0 Å². The summed E-state index contributed by atoms with van der Waals surface area (Å²) in [5, 5.41) is 8.37. The Balaban J connectivity index is 1.55. The van der Waals surface area contributed by atoms with E-state index < -0.39 is 0 Å². The smallest absolute Gasteiger partial charge is 0.291 e. The van der Waals surface area contributed by atoms with Crippen molar-refractivity contribution in [2.75, 3.05) is 10.6 Å². The van der Waals surface area contributed by atoms with Crippen molar-refractivity contribution in [1.82, 2.24) is 0 Å². The molecule has 0 aliphatic heterocycles. The van der Waals surface area contributed by atoms with Gasteiger partial charge in [-0.05, 0) is 42.1 Å². The van der Waals surface area contributed by atoms with E-state index in [4.69, 9.17) is 4.42 Å². The van der Waals surface area contributed by atoms with Crippen molar-refractivity contribution < 1.29 is 14.0 Å². The number of aryl methyl sites for hydroxylation is 1. The number of nitrogens with one attached hydrogen (secondary N) is 2. The SMILES string of the molecule is Cc1cc(NC(=O)c2ccco2)sc1C(=O)Nc1cccc2ccccc12. The Hall–Kier alpha value is -3.38. The van der Waals surface area contributed by atoms with Crippen LogP contribution in [0.5, 0.6) is 0 Å². The third-order valence-electron chi connectivity index (χ3n) is 4.14. The highest BCUT2D eigenvalue weighted by Crippen LogP contribution is 2.29. The molecule has 0 unspecified atom stereocenters. The normalized spacial score (nSPS) is 10.7. The number of furan rings is 1. The van der Waals surface area contributed by atoms with E-state index in [1.165, 1.54) is 17.6 Å². The molecule has 2 amide bonds. The second-order valence-electron chi connectivity index (χ2n) is 6.04. The van der Waals surface area contributed by atoms with Crippen molar-refractivity contribution in [3.63, 3.8) is 0 Å². The number of hydrogen-bond acceptors (Lipinski definition) is 4. The molecule has 0 spiro atoms. The van der Waals surface area contributed by atoms with Gasteiger partial charge >= 0.3 is 0 Å². The van der Waals surface area contributed by atoms with Crippen LogP contribution in [0.15, 0.2) is 71.3 Å². The monoisotopic (exact) mass is 376 g/mol. The number of benzene rings is 2. The van der Waals surface area contributed by atoms with Crippen LogP contribution in [0.1, 0.15) is 25.8 Å². The second-order valence-corrected chi connectivity index (χ2v) is 7.09. The van der Waals surface area contributed by atoms with Crippen LogP contribution in [0.25, 0.3) is 10.8 Å². The molecule has 2 N–H and O–H groups in total. The van der Waals surface area contributed by atoms with Crippen LogP contribution in [0.2, 0.25) is 0 Å². The minimum atomic E-state index is -0.345. The van der Waals surface area contributed by atoms with E-state index in [1.54, 1.807) is 18.2 Å². The zero-order valence-electron chi connectivity index (χ0n) is 14.5. The summed E-state index contributed by atoms with van der Waals surface area (Å²) >= 11 is 1.23. The number of thiophene rings is 1. The molecule has 0 aliphatic rings. The molecule has 0 aliphatic carbocycles. The maximum Gasteiger partial charge on any atom is 0.291 e. The van der Waals surface area contributed by atoms with Gasteiger partial charge in [0, 0.05) is 11.1 Å². The average molecular weight is 376 g/mol. The number of carbonyl (C=O) groups is 2. The molecule has 2 heterocycles. The lowest BCUT2D eigenvalue weighted by Gasteiger charge is -2.08. The minimum absolute atomic E-state index is 0.202. The van der Waals surface area contributed by atoms with Crippen LogP contribution in [-0.4, -0.2) is 11.8 Å². The number of carbonyl (C=O) groups excluding carboxylic acids is 2. The molecular formula is C21H16N2O3S. The second kappa shape index (κ2) is 7.09. The molecule has 134 valence electrons. The van der Waals surface area contributed by atoms with Gasteiger partial charge in [-0.15, -0.1) is 11.3 Å². The van der Waals surface area contributed by atoms with Gasteiger partial charge in [-0.1, -0.05) is 36.4 Å². The Morgan fingerprint density at radius 1 is 0.926 bits per heavy atom. The van der Waals surface area contributed by atoms with Gasteiger partial charge in [0.25, 0.3) is 11.8 Å². The molecule has 0 radical (unpaired) electrons. The Morgan fingerprint density at radius 2 is 1.74 bits per heavy atom. The molecule has 0 bridgehead atoms. The molecule has 2 aromatic heterocycles. The number of hydrogen-bond donors (Lipinski definition) is 2. The molecule has 6 heteroatoms. The van der Waals surface area contributed by atoms with Crippen LogP contribution in [0, 0.1) is 6.92 Å². The van der Waals surface area contributed by atoms with Crippen LogP contribution in [-0.2, 0) is 0 Å². The predicted molar refractivity (Wildman–Crippen MR) is 108 cm³/mol. The van der Waals surface area contributed by atoms with Crippen LogP contribution in [0.3, 0.4) is 0 Å². The Morgan fingerprint density at radius 3 is 2.56 bits per heavy atom. The highest BCUT2D eigenvalue weighted by Gasteiger charge is 2.17. The molecule has 27 heavy (non-hydrogen) atoms. The fraction of sp³-hybridized carbons (Fsp3) is 0.0476. The van der Waals surface area contributed by atoms with Crippen molar-refractivity contribution in [2.45, 2.75) is 6.92 Å². The standard InChI is InChI=1S/C21H16N2O3S/c1-13-12-18(23-20(24)17-10-5-11-26-17)27-19(13)21(25)22-16-9-4-7-14-6-2-3-8-15(14)16/h2-12H,1H3,(H,22,25)(H,23,24). The maximum absolute atomic E-state index is 12.8. The van der Waals surface area contributed by atoms with E-state index in [0.29, 0.717) is 9.88 Å². The first kappa shape index (κ1) is 17.1. The van der Waals surface area contributed by atoms with Crippen molar-refractivity contribution in [1.29, 1.82) is 0 Å². The number of amides is 2. The quantitative estimate of drug-likeness (QED) is 0.507. The van der Waals surface area contributed by atoms with E-state index in [1.807, 2.05) is 49.4 Å². The Bertz CT molecular complexity index is 1120. The molecule has 2 aromatic carbocycles. The van der Waals surface area contributed by atoms with Crippen molar-refractivity contribution in [2.24, 2.45) is 0 Å². The largest absolute Gasteiger partial charge is 0.459 e. The maximum atomic E-state index is 12.8. The summed E-state index contributed by atoms with van der Waals surface area (Å²) in [5.74, 6) is -0.322. The molecule has 5 nitrogen and oxygen atoms in total. The van der Waals surface area contributed by atoms with Crippen molar-refractivity contribution >= 4 is 44.6 Å². The van der Waals surface area contributed by atoms with E-state index in [-0.39, 0.29) is 17.6 Å². The van der Waals surface area contributed by atoms with Gasteiger partial charge in [0.15, 0.2) is 5.76 Å². The van der Waals surface area contributed by atoms with Crippen LogP contribution < -0.4 is 10.6 Å². The molecule has 0 saturated carbocycles. The lowest BCUT2D eigenvalue weighted by atomic mass is 10.1. The van der Waals surface area contributed by atoms with Gasteiger partial charge in [-0.25, -0.2) is 0 Å². The van der Waals surface area contributed by atoms with Crippen LogP contribution in [0.4, 0.5) is 10.7 Å². The molecule has 0 saturated heterocycles. The molecule has 4 aromatic rings. The first-order chi connectivity index (χ1) is 13.1. The number of rotatable bonds is 4. The summed E-state index contributed by atoms with van der Waals surface area (Å²) in [7, 11) is 0. The van der Waals surface area contributed by atoms with Crippen molar-refractivity contribution in [3.05, 3.63) is 83.1 Å². The Labute approximate surface area is 159 Å². The van der Waals surface area contributed by atoms with Gasteiger partial charge in [0.1, 0.15) is 0 Å². The van der Waals surface area contributed by atoms with E-state index in [2.05, 4.69) is 10.6 Å². The highest BCUT2D eigenvalue weighted by molar-refractivity contribution is 7.18. The minimum Gasteiger partial charge on any atom is -0.459 e. The van der Waals surface area contributed by atoms with E-state index >= 15 is 0 Å². The number of fused-ring (bicyclic) bond motifs is 1. The van der Waals surface area contributed by atoms with Gasteiger partial charge in [0.05, 0.1) is 16.1 Å². The summed E-state index contributed by atoms with van der Waals surface area (Å²) < 4.78 is 5.09. The third-order valence-corrected chi connectivity index (χ3v) is 5.29. The predicted octanol–water partition coefficient (Wildman–Crippen LogP) is 5.31. The highest BCUT2D eigenvalue weighted by atomic mass is 32.1. The topological polar surface area (TPSA) is 71.3 Å². The summed E-state index contributed by atoms with van der Waals surface area (Å²) in [4.78, 5) is 25.4. The lowest BCUT2D eigenvalue weighted by molar-refractivity contribution is 0.0995. The molecular weight excluding hydrogens is 360 g/mol. The van der Waals surface area contributed by atoms with E-state index in [9.17, 15) is 9.59 Å². The fourth-order valence-electron chi connectivity index (χ4n) is 2.86. The molecule has 4 rings (SSSR count). The summed E-state index contributed by atoms with van der Waals surface area (Å²) in [6.45, 7) is 1.84. The average Bonchev–Trinajstić information content (AvgIpc) is 3.32. The number of anilines is 2. The zero-order chi connectivity index (χ0) is 18.8. The summed E-state index contributed by atoms with van der Waals surface area (Å²) in [6, 6.07) is 18.7. The summed E-state index contributed by atoms with van der Waals surface area (Å²) in [5.41, 5.74) is 1.56. The van der Waals surface area contributed by atoms with Crippen molar-refractivity contribution in [3.8, 4) is 0 Å². The van der Waals surface area contributed by atoms with Gasteiger partial charge in [-0.2, -0.15) is 0 Å². The van der Waals surface area contributed by atoms with E-state index in [0.717, 1.165) is 22.0 Å². The summed E-state index contributed by atoms with van der Waals surface area (Å²) in [6.07, 6.45) is 1.44. The molecule has 0 fully saturated rings. The molecule has 0 atom stereocenters. The fourth-order valence-corrected chi connectivity index (χ4v) is 3.83.